The van der Waals surface area contributed by atoms with Crippen LogP contribution in [0.5, 0.6) is 0 Å². The van der Waals surface area contributed by atoms with Crippen LogP contribution in [0.4, 0.5) is 16.3 Å². The summed E-state index contributed by atoms with van der Waals surface area (Å²) >= 11 is 11.9. The fourth-order valence-corrected chi connectivity index (χ4v) is 4.72. The number of nitrogens with zero attached hydrogens (tertiary/aromatic N) is 3. The first-order valence-corrected chi connectivity index (χ1v) is 12.3. The molecule has 0 spiro atoms. The molecule has 1 aromatic heterocycles. The molecule has 5 rings (SSSR count). The summed E-state index contributed by atoms with van der Waals surface area (Å²) in [6.45, 7) is 0. The Hall–Kier alpha value is -3.40. The van der Waals surface area contributed by atoms with Gasteiger partial charge in [-0.25, -0.2) is 22.2 Å². The van der Waals surface area contributed by atoms with E-state index in [2.05, 4.69) is 20.1 Å². The number of sulfonamides is 1. The molecule has 4 aromatic rings. The molecule has 7 nitrogen and oxygen atoms in total. The van der Waals surface area contributed by atoms with Crippen LogP contribution < -0.4 is 10.0 Å². The number of allylic oxidation sites excluding steroid dienone is 1. The van der Waals surface area contributed by atoms with Gasteiger partial charge in [-0.05, 0) is 65.7 Å². The summed E-state index contributed by atoms with van der Waals surface area (Å²) in [5.74, 6) is -0.166. The summed E-state index contributed by atoms with van der Waals surface area (Å²) in [4.78, 5) is 4.37. The highest BCUT2D eigenvalue weighted by Gasteiger charge is 2.27. The molecule has 0 fully saturated rings. The first kappa shape index (κ1) is 22.4. The first-order chi connectivity index (χ1) is 16.3. The lowest BCUT2D eigenvalue weighted by molar-refractivity contribution is 0.597. The van der Waals surface area contributed by atoms with Crippen molar-refractivity contribution in [3.05, 3.63) is 106 Å². The topological polar surface area (TPSA) is 88.9 Å². The number of rotatable bonds is 5. The number of halogens is 3. The molecule has 11 heteroatoms. The van der Waals surface area contributed by atoms with Crippen LogP contribution in [0.3, 0.4) is 0 Å². The number of anilines is 2. The fraction of sp³-hybridized carbons (Fsp3) is 0.0435. The average molecular weight is 516 g/mol. The molecule has 2 N–H and O–H groups in total. The summed E-state index contributed by atoms with van der Waals surface area (Å²) in [6.07, 6.45) is 1.90. The third kappa shape index (κ3) is 4.50. The quantitative estimate of drug-likeness (QED) is 0.362. The van der Waals surface area contributed by atoms with Crippen molar-refractivity contribution in [3.8, 4) is 0 Å². The normalized spacial score (nSPS) is 15.3. The van der Waals surface area contributed by atoms with Crippen molar-refractivity contribution in [2.45, 2.75) is 10.9 Å². The molecule has 0 unspecified atom stereocenters. The molecule has 0 aliphatic carbocycles. The van der Waals surface area contributed by atoms with Crippen LogP contribution in [-0.4, -0.2) is 23.2 Å². The van der Waals surface area contributed by atoms with Crippen molar-refractivity contribution in [1.29, 1.82) is 0 Å². The van der Waals surface area contributed by atoms with E-state index in [-0.39, 0.29) is 16.7 Å². The van der Waals surface area contributed by atoms with E-state index in [1.54, 1.807) is 24.3 Å². The highest BCUT2D eigenvalue weighted by atomic mass is 35.5. The lowest BCUT2D eigenvalue weighted by atomic mass is 10.0. The summed E-state index contributed by atoms with van der Waals surface area (Å²) in [5.41, 5.74) is 2.31. The van der Waals surface area contributed by atoms with Gasteiger partial charge in [-0.3, -0.25) is 0 Å². The summed E-state index contributed by atoms with van der Waals surface area (Å²) in [5, 5.41) is 8.56. The van der Waals surface area contributed by atoms with E-state index in [0.717, 1.165) is 16.8 Å². The zero-order chi connectivity index (χ0) is 23.9. The maximum absolute atomic E-state index is 13.5. The Balaban J connectivity index is 1.53. The minimum absolute atomic E-state index is 0.0210. The van der Waals surface area contributed by atoms with Gasteiger partial charge in [0.25, 0.3) is 16.0 Å². The van der Waals surface area contributed by atoms with Gasteiger partial charge < -0.3 is 5.32 Å². The summed E-state index contributed by atoms with van der Waals surface area (Å²) < 4.78 is 43.1. The van der Waals surface area contributed by atoms with Crippen LogP contribution in [0.15, 0.2) is 83.8 Å². The van der Waals surface area contributed by atoms with E-state index < -0.39 is 16.1 Å². The predicted molar refractivity (Wildman–Crippen MR) is 130 cm³/mol. The van der Waals surface area contributed by atoms with Gasteiger partial charge in [-0.1, -0.05) is 47.5 Å². The van der Waals surface area contributed by atoms with Crippen LogP contribution >= 0.6 is 23.2 Å². The lowest BCUT2D eigenvalue weighted by Gasteiger charge is -2.24. The molecule has 0 bridgehead atoms. The Kier molecular flexibility index (Phi) is 5.76. The Morgan fingerprint density at radius 2 is 1.53 bits per heavy atom. The number of aromatic nitrogens is 3. The number of hydrogen-bond acceptors (Lipinski definition) is 5. The van der Waals surface area contributed by atoms with Gasteiger partial charge in [0, 0.05) is 15.7 Å². The lowest BCUT2D eigenvalue weighted by Crippen LogP contribution is -2.20. The van der Waals surface area contributed by atoms with Gasteiger partial charge in [0.1, 0.15) is 11.9 Å². The Labute approximate surface area is 204 Å². The monoisotopic (exact) mass is 515 g/mol. The molecule has 34 heavy (non-hydrogen) atoms. The van der Waals surface area contributed by atoms with Crippen molar-refractivity contribution >= 4 is 50.8 Å². The Bertz CT molecular complexity index is 1490. The molecule has 1 aliphatic heterocycles. The van der Waals surface area contributed by atoms with Crippen molar-refractivity contribution in [2.24, 2.45) is 0 Å². The predicted octanol–water partition coefficient (Wildman–Crippen LogP) is 5.58. The number of benzene rings is 3. The highest BCUT2D eigenvalue weighted by Crippen LogP contribution is 2.34. The van der Waals surface area contributed by atoms with Crippen LogP contribution in [0.2, 0.25) is 10.0 Å². The molecule has 0 amide bonds. The van der Waals surface area contributed by atoms with Crippen LogP contribution in [0, 0.1) is 5.82 Å². The maximum Gasteiger partial charge on any atom is 0.264 e. The zero-order valence-corrected chi connectivity index (χ0v) is 19.6. The second kappa shape index (κ2) is 8.75. The van der Waals surface area contributed by atoms with Gasteiger partial charge in [0.05, 0.1) is 4.90 Å². The van der Waals surface area contributed by atoms with E-state index in [1.165, 1.54) is 41.1 Å². The Morgan fingerprint density at radius 3 is 2.18 bits per heavy atom. The number of fused-ring (bicyclic) bond motifs is 1. The van der Waals surface area contributed by atoms with E-state index in [4.69, 9.17) is 23.2 Å². The number of hydrogen-bond donors (Lipinski definition) is 2. The third-order valence-electron chi connectivity index (χ3n) is 5.18. The van der Waals surface area contributed by atoms with Crippen LogP contribution in [-0.2, 0) is 10.0 Å². The molecular formula is C23H16Cl2FN5O2S. The van der Waals surface area contributed by atoms with Crippen molar-refractivity contribution in [3.63, 3.8) is 0 Å². The van der Waals surface area contributed by atoms with Gasteiger partial charge >= 0.3 is 0 Å². The van der Waals surface area contributed by atoms with Gasteiger partial charge in [0.2, 0.25) is 5.95 Å². The molecule has 0 saturated carbocycles. The minimum Gasteiger partial charge on any atom is -0.324 e. The zero-order valence-electron chi connectivity index (χ0n) is 17.3. The summed E-state index contributed by atoms with van der Waals surface area (Å²) in [6, 6.07) is 18.5. The molecule has 1 aliphatic rings. The fourth-order valence-electron chi connectivity index (χ4n) is 3.52. The molecule has 2 heterocycles. The molecule has 172 valence electrons. The maximum atomic E-state index is 13.5. The van der Waals surface area contributed by atoms with Crippen molar-refractivity contribution < 1.29 is 12.8 Å². The third-order valence-corrected chi connectivity index (χ3v) is 7.03. The number of nitrogens with one attached hydrogen (secondary N) is 2. The standard InChI is InChI=1S/C23H16Cl2FN5O2S/c24-16-5-1-14(2-6-16)20-13-21(15-3-9-18(26)10-4-15)31-23(27-20)28-22(29-31)30-34(32,33)19-11-7-17(25)8-12-19/h1-13,21H,(H2,27,28,29,30)/t21-/m0/s1. The smallest absolute Gasteiger partial charge is 0.264 e. The molecule has 3 aromatic carbocycles. The van der Waals surface area contributed by atoms with Crippen molar-refractivity contribution in [2.75, 3.05) is 10.0 Å². The average Bonchev–Trinajstić information content (AvgIpc) is 3.21. The van der Waals surface area contributed by atoms with Gasteiger partial charge in [-0.2, -0.15) is 4.98 Å². The van der Waals surface area contributed by atoms with Crippen LogP contribution in [0.25, 0.3) is 5.70 Å². The highest BCUT2D eigenvalue weighted by molar-refractivity contribution is 7.92. The second-order valence-corrected chi connectivity index (χ2v) is 10.0. The molecular weight excluding hydrogens is 500 g/mol. The SMILES string of the molecule is O=S(=O)(Nc1nc2n(n1)[C@H](c1ccc(F)cc1)C=C(c1ccc(Cl)cc1)N2)c1ccc(Cl)cc1. The summed E-state index contributed by atoms with van der Waals surface area (Å²) in [7, 11) is -3.94. The molecule has 1 atom stereocenters. The van der Waals surface area contributed by atoms with E-state index in [1.807, 2.05) is 18.2 Å². The van der Waals surface area contributed by atoms with Gasteiger partial charge in [-0.15, -0.1) is 5.10 Å². The second-order valence-electron chi connectivity index (χ2n) is 7.47. The van der Waals surface area contributed by atoms with Gasteiger partial charge in [0.15, 0.2) is 0 Å². The molecule has 0 radical (unpaired) electrons. The first-order valence-electron chi connectivity index (χ1n) is 10.0. The molecule has 0 saturated heterocycles. The van der Waals surface area contributed by atoms with E-state index >= 15 is 0 Å². The van der Waals surface area contributed by atoms with Crippen molar-refractivity contribution in [1.82, 2.24) is 14.8 Å². The van der Waals surface area contributed by atoms with E-state index in [9.17, 15) is 12.8 Å². The Morgan fingerprint density at radius 1 is 0.912 bits per heavy atom. The minimum atomic E-state index is -3.94. The van der Waals surface area contributed by atoms with E-state index in [0.29, 0.717) is 16.0 Å². The largest absolute Gasteiger partial charge is 0.324 e. The van der Waals surface area contributed by atoms with Crippen LogP contribution in [0.1, 0.15) is 17.2 Å².